The summed E-state index contributed by atoms with van der Waals surface area (Å²) >= 11 is 0. The van der Waals surface area contributed by atoms with Crippen molar-refractivity contribution in [2.24, 2.45) is 0 Å². The number of alkyl carbamates (subject to hydrolysis) is 1. The Morgan fingerprint density at radius 2 is 1.55 bits per heavy atom. The van der Waals surface area contributed by atoms with Crippen LogP contribution in [0.3, 0.4) is 0 Å². The molecule has 7 nitrogen and oxygen atoms in total. The molecule has 7 heteroatoms. The van der Waals surface area contributed by atoms with Gasteiger partial charge in [0, 0.05) is 18.0 Å². The molecule has 0 bridgehead atoms. The average molecular weight is 450 g/mol. The van der Waals surface area contributed by atoms with Gasteiger partial charge in [0.25, 0.3) is 0 Å². The van der Waals surface area contributed by atoms with Crippen molar-refractivity contribution >= 4 is 6.09 Å². The first-order chi connectivity index (χ1) is 16.0. The Morgan fingerprint density at radius 3 is 2.15 bits per heavy atom. The summed E-state index contributed by atoms with van der Waals surface area (Å²) in [5.41, 5.74) is 4.89. The summed E-state index contributed by atoms with van der Waals surface area (Å²) in [7, 11) is 2.94. The number of para-hydroxylation sites is 1. The molecule has 0 saturated carbocycles. The number of rotatable bonds is 8. The minimum absolute atomic E-state index is 0.0558. The van der Waals surface area contributed by atoms with E-state index in [1.165, 1.54) is 14.2 Å². The predicted molar refractivity (Wildman–Crippen MR) is 124 cm³/mol. The molecule has 0 aromatic heterocycles. The molecule has 0 spiro atoms. The van der Waals surface area contributed by atoms with Gasteiger partial charge in [0.1, 0.15) is 18.8 Å². The fourth-order valence-electron chi connectivity index (χ4n) is 4.30. The number of amides is 1. The zero-order valence-corrected chi connectivity index (χ0v) is 18.5. The minimum Gasteiger partial charge on any atom is -0.493 e. The first-order valence-corrected chi connectivity index (χ1v) is 10.7. The Kier molecular flexibility index (Phi) is 6.82. The highest BCUT2D eigenvalue weighted by Crippen LogP contribution is 2.44. The number of ether oxygens (including phenoxy) is 3. The maximum Gasteiger partial charge on any atom is 0.407 e. The highest BCUT2D eigenvalue weighted by atomic mass is 16.5. The van der Waals surface area contributed by atoms with Crippen molar-refractivity contribution in [1.29, 1.82) is 0 Å². The number of aliphatic hydroxyl groups excluding tert-OH is 2. The number of hydrogen-bond acceptors (Lipinski definition) is 6. The molecule has 33 heavy (non-hydrogen) atoms. The molecule has 0 radical (unpaired) electrons. The summed E-state index contributed by atoms with van der Waals surface area (Å²) in [5, 5.41) is 23.5. The van der Waals surface area contributed by atoms with Gasteiger partial charge in [-0.2, -0.15) is 0 Å². The number of carbonyl (C=O) groups is 1. The van der Waals surface area contributed by atoms with Gasteiger partial charge in [-0.1, -0.05) is 60.7 Å². The van der Waals surface area contributed by atoms with E-state index in [0.717, 1.165) is 22.3 Å². The minimum atomic E-state index is -1.29. The van der Waals surface area contributed by atoms with Crippen LogP contribution in [-0.2, 0) is 4.74 Å². The van der Waals surface area contributed by atoms with Gasteiger partial charge >= 0.3 is 6.09 Å². The highest BCUT2D eigenvalue weighted by Gasteiger charge is 2.29. The molecule has 1 aliphatic carbocycles. The third-order valence-corrected chi connectivity index (χ3v) is 5.92. The van der Waals surface area contributed by atoms with E-state index in [2.05, 4.69) is 17.4 Å². The van der Waals surface area contributed by atoms with Crippen LogP contribution in [0, 0.1) is 0 Å². The second-order valence-corrected chi connectivity index (χ2v) is 7.80. The van der Waals surface area contributed by atoms with Gasteiger partial charge in [-0.05, 0) is 28.3 Å². The third kappa shape index (κ3) is 4.51. The van der Waals surface area contributed by atoms with E-state index in [0.29, 0.717) is 17.1 Å². The van der Waals surface area contributed by atoms with Gasteiger partial charge in [0.15, 0.2) is 11.5 Å². The third-order valence-electron chi connectivity index (χ3n) is 5.92. The van der Waals surface area contributed by atoms with E-state index in [4.69, 9.17) is 14.2 Å². The largest absolute Gasteiger partial charge is 0.493 e. The number of aliphatic hydroxyl groups is 2. The Labute approximate surface area is 192 Å². The van der Waals surface area contributed by atoms with Crippen LogP contribution >= 0.6 is 0 Å². The van der Waals surface area contributed by atoms with Crippen LogP contribution in [0.1, 0.15) is 28.7 Å². The van der Waals surface area contributed by atoms with Crippen LogP contribution in [0.4, 0.5) is 4.79 Å². The number of fused-ring (bicyclic) bond motifs is 3. The highest BCUT2D eigenvalue weighted by molar-refractivity contribution is 5.79. The molecule has 1 amide bonds. The molecule has 3 N–H and O–H groups in total. The lowest BCUT2D eigenvalue weighted by molar-refractivity contribution is 0.0170. The molecule has 0 aliphatic heterocycles. The van der Waals surface area contributed by atoms with E-state index < -0.39 is 18.3 Å². The summed E-state index contributed by atoms with van der Waals surface area (Å²) in [4.78, 5) is 12.3. The number of hydrogen-bond donors (Lipinski definition) is 3. The summed E-state index contributed by atoms with van der Waals surface area (Å²) in [6, 6.07) is 21.2. The molecular formula is C26H27NO6. The van der Waals surface area contributed by atoms with Crippen molar-refractivity contribution < 1.29 is 29.2 Å². The summed E-state index contributed by atoms with van der Waals surface area (Å²) in [6.45, 7) is -0.0274. The lowest BCUT2D eigenvalue weighted by Gasteiger charge is -2.22. The topological polar surface area (TPSA) is 97.2 Å². The standard InChI is InChI=1S/C26H27NO6/c1-31-23-13-7-12-20(25(23)32-2)24(29)22(28)14-27-26(30)33-15-21-18-10-5-3-8-16(18)17-9-4-6-11-19(17)21/h3-13,21-22,24,28-29H,14-15H2,1-2H3,(H,27,30). The van der Waals surface area contributed by atoms with E-state index in [9.17, 15) is 15.0 Å². The van der Waals surface area contributed by atoms with E-state index in [1.807, 2.05) is 36.4 Å². The molecule has 2 atom stereocenters. The van der Waals surface area contributed by atoms with E-state index in [1.54, 1.807) is 18.2 Å². The quantitative estimate of drug-likeness (QED) is 0.486. The Morgan fingerprint density at radius 1 is 0.909 bits per heavy atom. The zero-order valence-electron chi connectivity index (χ0n) is 18.5. The lowest BCUT2D eigenvalue weighted by atomic mass is 9.98. The SMILES string of the molecule is COc1cccc(C(O)C(O)CNC(=O)OCC2c3ccccc3-c3ccccc32)c1OC. The van der Waals surface area contributed by atoms with Gasteiger partial charge in [0.05, 0.1) is 14.2 Å². The summed E-state index contributed by atoms with van der Waals surface area (Å²) in [5.74, 6) is 0.707. The monoisotopic (exact) mass is 449 g/mol. The Balaban J connectivity index is 1.36. The van der Waals surface area contributed by atoms with Crippen LogP contribution in [-0.4, -0.2) is 49.8 Å². The van der Waals surface area contributed by atoms with Crippen molar-refractivity contribution in [2.45, 2.75) is 18.1 Å². The maximum absolute atomic E-state index is 12.3. The fraction of sp³-hybridized carbons (Fsp3) is 0.269. The van der Waals surface area contributed by atoms with Gasteiger partial charge < -0.3 is 29.7 Å². The fourth-order valence-corrected chi connectivity index (χ4v) is 4.30. The zero-order chi connectivity index (χ0) is 23.4. The second-order valence-electron chi connectivity index (χ2n) is 7.80. The smallest absolute Gasteiger partial charge is 0.407 e. The molecule has 0 heterocycles. The Bertz CT molecular complexity index is 1090. The lowest BCUT2D eigenvalue weighted by Crippen LogP contribution is -2.36. The molecule has 4 rings (SSSR count). The predicted octanol–water partition coefficient (Wildman–Crippen LogP) is 3.64. The van der Waals surface area contributed by atoms with Crippen molar-refractivity contribution in [3.63, 3.8) is 0 Å². The van der Waals surface area contributed by atoms with Crippen LogP contribution in [0.2, 0.25) is 0 Å². The van der Waals surface area contributed by atoms with Crippen LogP contribution in [0.15, 0.2) is 66.7 Å². The van der Waals surface area contributed by atoms with E-state index in [-0.39, 0.29) is 19.1 Å². The summed E-state index contributed by atoms with van der Waals surface area (Å²) in [6.07, 6.45) is -3.23. The van der Waals surface area contributed by atoms with E-state index >= 15 is 0 Å². The first-order valence-electron chi connectivity index (χ1n) is 10.7. The molecule has 3 aromatic carbocycles. The van der Waals surface area contributed by atoms with Crippen LogP contribution in [0.5, 0.6) is 11.5 Å². The molecule has 0 saturated heterocycles. The molecule has 172 valence electrons. The van der Waals surface area contributed by atoms with Crippen LogP contribution in [0.25, 0.3) is 11.1 Å². The van der Waals surface area contributed by atoms with Gasteiger partial charge in [0.2, 0.25) is 0 Å². The molecule has 2 unspecified atom stereocenters. The van der Waals surface area contributed by atoms with Crippen molar-refractivity contribution in [3.05, 3.63) is 83.4 Å². The van der Waals surface area contributed by atoms with Gasteiger partial charge in [-0.25, -0.2) is 4.79 Å². The number of carbonyl (C=O) groups excluding carboxylic acids is 1. The van der Waals surface area contributed by atoms with Crippen LogP contribution < -0.4 is 14.8 Å². The molecule has 3 aromatic rings. The van der Waals surface area contributed by atoms with Crippen molar-refractivity contribution in [2.75, 3.05) is 27.4 Å². The van der Waals surface area contributed by atoms with Gasteiger partial charge in [-0.3, -0.25) is 0 Å². The second kappa shape index (κ2) is 9.94. The molecule has 0 fully saturated rings. The number of methoxy groups -OCH3 is 2. The number of benzene rings is 3. The molecule has 1 aliphatic rings. The number of nitrogens with one attached hydrogen (secondary N) is 1. The Hall–Kier alpha value is -3.55. The maximum atomic E-state index is 12.3. The summed E-state index contributed by atoms with van der Waals surface area (Å²) < 4.78 is 16.0. The first kappa shape index (κ1) is 22.6. The van der Waals surface area contributed by atoms with Crippen molar-refractivity contribution in [3.8, 4) is 22.6 Å². The van der Waals surface area contributed by atoms with Crippen molar-refractivity contribution in [1.82, 2.24) is 5.32 Å². The molecular weight excluding hydrogens is 422 g/mol. The van der Waals surface area contributed by atoms with Gasteiger partial charge in [-0.15, -0.1) is 0 Å². The average Bonchev–Trinajstić information content (AvgIpc) is 3.18. The normalized spacial score (nSPS) is 14.1.